The highest BCUT2D eigenvalue weighted by atomic mass is 32.2. The number of nitrogens with zero attached hydrogens (tertiary/aromatic N) is 2. The van der Waals surface area contributed by atoms with E-state index in [1.165, 1.54) is 0 Å². The summed E-state index contributed by atoms with van der Waals surface area (Å²) in [6, 6.07) is 8.76. The number of anilines is 1. The zero-order chi connectivity index (χ0) is 15.1. The van der Waals surface area contributed by atoms with Crippen molar-refractivity contribution in [1.82, 2.24) is 14.5 Å². The molecule has 6 nitrogen and oxygen atoms in total. The molecule has 7 heteroatoms. The molecule has 1 heterocycles. The number of sulfonamides is 1. The average molecular weight is 308 g/mol. The van der Waals surface area contributed by atoms with Crippen LogP contribution < -0.4 is 10.0 Å². The van der Waals surface area contributed by atoms with E-state index in [0.717, 1.165) is 6.42 Å². The fraction of sp³-hybridized carbons (Fsp3) is 0.357. The van der Waals surface area contributed by atoms with Gasteiger partial charge in [0.25, 0.3) is 0 Å². The normalized spacial score (nSPS) is 11.5. The minimum absolute atomic E-state index is 0.277. The summed E-state index contributed by atoms with van der Waals surface area (Å²) in [7, 11) is -3.47. The molecule has 0 atom stereocenters. The lowest BCUT2D eigenvalue weighted by molar-refractivity contribution is 0.581. The first-order valence-electron chi connectivity index (χ1n) is 6.93. The molecular weight excluding hydrogens is 288 g/mol. The highest BCUT2D eigenvalue weighted by Gasteiger charge is 2.16. The molecule has 0 unspecified atom stereocenters. The van der Waals surface area contributed by atoms with Gasteiger partial charge in [-0.3, -0.25) is 4.68 Å². The molecule has 2 aromatic rings. The topological polar surface area (TPSA) is 76.0 Å². The van der Waals surface area contributed by atoms with E-state index in [-0.39, 0.29) is 4.90 Å². The Kier molecular flexibility index (Phi) is 5.35. The van der Waals surface area contributed by atoms with E-state index in [1.54, 1.807) is 29.1 Å². The first-order valence-corrected chi connectivity index (χ1v) is 8.42. The number of benzene rings is 1. The molecule has 0 saturated carbocycles. The van der Waals surface area contributed by atoms with E-state index >= 15 is 0 Å². The van der Waals surface area contributed by atoms with E-state index in [9.17, 15) is 8.42 Å². The number of hydrogen-bond acceptors (Lipinski definition) is 4. The minimum atomic E-state index is -3.47. The van der Waals surface area contributed by atoms with Crippen LogP contribution in [-0.2, 0) is 16.6 Å². The fourth-order valence-electron chi connectivity index (χ4n) is 1.90. The van der Waals surface area contributed by atoms with E-state index in [0.29, 0.717) is 25.3 Å². The van der Waals surface area contributed by atoms with Gasteiger partial charge in [-0.05, 0) is 24.6 Å². The molecule has 0 spiro atoms. The summed E-state index contributed by atoms with van der Waals surface area (Å²) in [5, 5.41) is 7.26. The Hall–Kier alpha value is -1.86. The Labute approximate surface area is 125 Å². The first-order chi connectivity index (χ1) is 10.1. The van der Waals surface area contributed by atoms with Crippen molar-refractivity contribution in [3.8, 4) is 0 Å². The summed E-state index contributed by atoms with van der Waals surface area (Å²) in [6.07, 6.45) is 4.34. The van der Waals surface area contributed by atoms with Gasteiger partial charge in [0.15, 0.2) is 0 Å². The van der Waals surface area contributed by atoms with Crippen molar-refractivity contribution in [2.75, 3.05) is 18.4 Å². The van der Waals surface area contributed by atoms with E-state index in [1.807, 2.05) is 25.3 Å². The molecule has 0 amide bonds. The van der Waals surface area contributed by atoms with Crippen LogP contribution in [0, 0.1) is 0 Å². The second kappa shape index (κ2) is 7.24. The first kappa shape index (κ1) is 15.5. The number of hydrogen-bond donors (Lipinski definition) is 2. The van der Waals surface area contributed by atoms with Gasteiger partial charge < -0.3 is 5.32 Å². The van der Waals surface area contributed by atoms with E-state index < -0.39 is 10.0 Å². The maximum atomic E-state index is 12.2. The highest BCUT2D eigenvalue weighted by molar-refractivity contribution is 7.89. The predicted octanol–water partition coefficient (Wildman–Crippen LogP) is 1.68. The van der Waals surface area contributed by atoms with Crippen LogP contribution in [0.15, 0.2) is 47.6 Å². The van der Waals surface area contributed by atoms with Gasteiger partial charge in [0.05, 0.1) is 12.2 Å². The van der Waals surface area contributed by atoms with Crippen LogP contribution in [0.4, 0.5) is 5.69 Å². The Morgan fingerprint density at radius 2 is 2.00 bits per heavy atom. The van der Waals surface area contributed by atoms with Gasteiger partial charge in [-0.1, -0.05) is 19.1 Å². The standard InChI is InChI=1S/C14H20N4O2S/c1-2-8-17-21(19,20)14-7-4-3-6-13(14)15-10-12-18-11-5-9-16-18/h3-7,9,11,15,17H,2,8,10,12H2,1H3. The summed E-state index contributed by atoms with van der Waals surface area (Å²) in [5.41, 5.74) is 0.605. The largest absolute Gasteiger partial charge is 0.382 e. The van der Waals surface area contributed by atoms with Gasteiger partial charge >= 0.3 is 0 Å². The van der Waals surface area contributed by atoms with Crippen molar-refractivity contribution >= 4 is 15.7 Å². The van der Waals surface area contributed by atoms with E-state index in [4.69, 9.17) is 0 Å². The van der Waals surface area contributed by atoms with Crippen molar-refractivity contribution in [3.05, 3.63) is 42.7 Å². The third-order valence-electron chi connectivity index (χ3n) is 2.93. The molecule has 0 aliphatic rings. The lowest BCUT2D eigenvalue weighted by Gasteiger charge is -2.13. The second-order valence-corrected chi connectivity index (χ2v) is 6.33. The fourth-order valence-corrected chi connectivity index (χ4v) is 3.21. The lowest BCUT2D eigenvalue weighted by Crippen LogP contribution is -2.25. The third-order valence-corrected chi connectivity index (χ3v) is 4.45. The van der Waals surface area contributed by atoms with Crippen LogP contribution in [0.1, 0.15) is 13.3 Å². The van der Waals surface area contributed by atoms with Crippen LogP contribution in [0.2, 0.25) is 0 Å². The predicted molar refractivity (Wildman–Crippen MR) is 82.6 cm³/mol. The molecule has 0 aliphatic carbocycles. The SMILES string of the molecule is CCCNS(=O)(=O)c1ccccc1NCCn1cccn1. The summed E-state index contributed by atoms with van der Waals surface area (Å²) in [4.78, 5) is 0.277. The quantitative estimate of drug-likeness (QED) is 0.778. The molecule has 0 aliphatic heterocycles. The molecule has 21 heavy (non-hydrogen) atoms. The van der Waals surface area contributed by atoms with Gasteiger partial charge in [0.1, 0.15) is 4.90 Å². The van der Waals surface area contributed by atoms with Crippen molar-refractivity contribution in [3.63, 3.8) is 0 Å². The number of nitrogens with one attached hydrogen (secondary N) is 2. The maximum Gasteiger partial charge on any atom is 0.242 e. The van der Waals surface area contributed by atoms with Gasteiger partial charge in [0.2, 0.25) is 10.0 Å². The molecule has 0 bridgehead atoms. The molecule has 0 radical (unpaired) electrons. The third kappa shape index (κ3) is 4.30. The monoisotopic (exact) mass is 308 g/mol. The molecule has 114 valence electrons. The zero-order valence-corrected chi connectivity index (χ0v) is 12.8. The van der Waals surface area contributed by atoms with Crippen LogP contribution in [0.25, 0.3) is 0 Å². The molecule has 1 aromatic carbocycles. The van der Waals surface area contributed by atoms with Crippen LogP contribution in [0.3, 0.4) is 0 Å². The Morgan fingerprint density at radius 1 is 1.19 bits per heavy atom. The minimum Gasteiger partial charge on any atom is -0.382 e. The number of aromatic nitrogens is 2. The second-order valence-electron chi connectivity index (χ2n) is 4.59. The van der Waals surface area contributed by atoms with E-state index in [2.05, 4.69) is 15.1 Å². The summed E-state index contributed by atoms with van der Waals surface area (Å²) in [5.74, 6) is 0. The molecule has 0 fully saturated rings. The van der Waals surface area contributed by atoms with Crippen molar-refractivity contribution in [2.24, 2.45) is 0 Å². The molecular formula is C14H20N4O2S. The van der Waals surface area contributed by atoms with Gasteiger partial charge in [-0.25, -0.2) is 13.1 Å². The van der Waals surface area contributed by atoms with Crippen LogP contribution >= 0.6 is 0 Å². The molecule has 1 aromatic heterocycles. The zero-order valence-electron chi connectivity index (χ0n) is 12.0. The molecule has 0 saturated heterocycles. The average Bonchev–Trinajstić information content (AvgIpc) is 2.99. The summed E-state index contributed by atoms with van der Waals surface area (Å²) < 4.78 is 28.8. The van der Waals surface area contributed by atoms with Gasteiger partial charge in [-0.2, -0.15) is 5.10 Å². The molecule has 2 rings (SSSR count). The number of rotatable bonds is 8. The van der Waals surface area contributed by atoms with Crippen molar-refractivity contribution < 1.29 is 8.42 Å². The van der Waals surface area contributed by atoms with Crippen LogP contribution in [-0.4, -0.2) is 31.3 Å². The van der Waals surface area contributed by atoms with Crippen LogP contribution in [0.5, 0.6) is 0 Å². The Morgan fingerprint density at radius 3 is 2.71 bits per heavy atom. The van der Waals surface area contributed by atoms with Gasteiger partial charge in [-0.15, -0.1) is 0 Å². The lowest BCUT2D eigenvalue weighted by atomic mass is 10.3. The smallest absolute Gasteiger partial charge is 0.242 e. The van der Waals surface area contributed by atoms with Gasteiger partial charge in [0, 0.05) is 25.5 Å². The van der Waals surface area contributed by atoms with Crippen molar-refractivity contribution in [2.45, 2.75) is 24.8 Å². The van der Waals surface area contributed by atoms with Crippen molar-refractivity contribution in [1.29, 1.82) is 0 Å². The Bertz CT molecular complexity index is 653. The molecule has 2 N–H and O–H groups in total. The summed E-state index contributed by atoms with van der Waals surface area (Å²) in [6.45, 7) is 3.63. The Balaban J connectivity index is 2.06. The maximum absolute atomic E-state index is 12.2. The number of para-hydroxylation sites is 1. The highest BCUT2D eigenvalue weighted by Crippen LogP contribution is 2.20. The summed E-state index contributed by atoms with van der Waals surface area (Å²) >= 11 is 0.